The van der Waals surface area contributed by atoms with Gasteiger partial charge in [0.1, 0.15) is 12.4 Å². The molecular weight excluding hydrogens is 340 g/mol. The van der Waals surface area contributed by atoms with E-state index in [0.29, 0.717) is 6.61 Å². The maximum absolute atomic E-state index is 11.0. The van der Waals surface area contributed by atoms with Crippen molar-refractivity contribution < 1.29 is 19.7 Å². The molecular formula is C23H28O4. The second kappa shape index (κ2) is 8.63. The van der Waals surface area contributed by atoms with Crippen LogP contribution in [0.2, 0.25) is 0 Å². The summed E-state index contributed by atoms with van der Waals surface area (Å²) in [6.45, 7) is 2.30. The van der Waals surface area contributed by atoms with Gasteiger partial charge in [-0.1, -0.05) is 24.1 Å². The first-order valence-corrected chi connectivity index (χ1v) is 9.75. The minimum Gasteiger partial charge on any atom is -0.489 e. The Morgan fingerprint density at radius 2 is 2.11 bits per heavy atom. The number of aliphatic hydroxyl groups is 1. The molecule has 1 fully saturated rings. The second-order valence-corrected chi connectivity index (χ2v) is 7.82. The number of benzene rings is 1. The van der Waals surface area contributed by atoms with Crippen molar-refractivity contribution in [3.8, 4) is 17.6 Å². The second-order valence-electron chi connectivity index (χ2n) is 7.82. The Morgan fingerprint density at radius 3 is 2.74 bits per heavy atom. The zero-order valence-corrected chi connectivity index (χ0v) is 15.9. The fourth-order valence-corrected chi connectivity index (χ4v) is 4.42. The van der Waals surface area contributed by atoms with Gasteiger partial charge in [0.25, 0.3) is 0 Å². The van der Waals surface area contributed by atoms with Crippen LogP contribution in [-0.2, 0) is 4.79 Å². The van der Waals surface area contributed by atoms with E-state index in [2.05, 4.69) is 17.9 Å². The van der Waals surface area contributed by atoms with Gasteiger partial charge in [-0.3, -0.25) is 4.79 Å². The van der Waals surface area contributed by atoms with Gasteiger partial charge in [0, 0.05) is 0 Å². The summed E-state index contributed by atoms with van der Waals surface area (Å²) in [5, 5.41) is 18.9. The van der Waals surface area contributed by atoms with Gasteiger partial charge in [0.05, 0.1) is 18.4 Å². The molecule has 1 aromatic rings. The molecule has 0 amide bonds. The Balaban J connectivity index is 1.61. The third kappa shape index (κ3) is 5.14. The van der Waals surface area contributed by atoms with Gasteiger partial charge in [-0.05, 0) is 74.1 Å². The molecule has 0 heterocycles. The van der Waals surface area contributed by atoms with Crippen molar-refractivity contribution in [3.63, 3.8) is 0 Å². The Bertz CT molecular complexity index is 753. The predicted octanol–water partition coefficient (Wildman–Crippen LogP) is 4.29. The number of aliphatic carboxylic acids is 1. The Morgan fingerprint density at radius 1 is 1.33 bits per heavy atom. The van der Waals surface area contributed by atoms with Crippen molar-refractivity contribution in [1.29, 1.82) is 0 Å². The monoisotopic (exact) mass is 368 g/mol. The maximum atomic E-state index is 11.0. The van der Waals surface area contributed by atoms with E-state index in [9.17, 15) is 9.90 Å². The maximum Gasteiger partial charge on any atom is 0.304 e. The zero-order valence-electron chi connectivity index (χ0n) is 15.9. The summed E-state index contributed by atoms with van der Waals surface area (Å²) in [5.41, 5.74) is 2.40. The number of rotatable bonds is 6. The molecule has 0 aromatic heterocycles. The molecule has 0 saturated heterocycles. The Kier molecular flexibility index (Phi) is 6.23. The van der Waals surface area contributed by atoms with Crippen molar-refractivity contribution in [2.24, 2.45) is 5.41 Å². The third-order valence-electron chi connectivity index (χ3n) is 5.70. The lowest BCUT2D eigenvalue weighted by atomic mass is 9.75. The fraction of sp³-hybridized carbons (Fsp3) is 0.522. The van der Waals surface area contributed by atoms with Crippen LogP contribution in [0.5, 0.6) is 5.75 Å². The lowest BCUT2D eigenvalue weighted by Gasteiger charge is -2.31. The van der Waals surface area contributed by atoms with Gasteiger partial charge in [0.2, 0.25) is 0 Å². The quantitative estimate of drug-likeness (QED) is 0.581. The zero-order chi connectivity index (χ0) is 19.3. The molecule has 2 aliphatic rings. The molecule has 4 nitrogen and oxygen atoms in total. The van der Waals surface area contributed by atoms with Crippen LogP contribution < -0.4 is 4.74 Å². The first kappa shape index (κ1) is 19.5. The summed E-state index contributed by atoms with van der Waals surface area (Å²) >= 11 is 0. The van der Waals surface area contributed by atoms with Crippen LogP contribution >= 0.6 is 0 Å². The van der Waals surface area contributed by atoms with Crippen molar-refractivity contribution in [2.75, 3.05) is 6.61 Å². The molecule has 0 radical (unpaired) electrons. The van der Waals surface area contributed by atoms with Crippen LogP contribution in [0, 0.1) is 17.3 Å². The molecule has 1 aromatic carbocycles. The number of carboxylic acid groups (broad SMARTS) is 1. The van der Waals surface area contributed by atoms with E-state index in [1.807, 2.05) is 24.3 Å². The van der Waals surface area contributed by atoms with Crippen LogP contribution in [-0.4, -0.2) is 28.9 Å². The summed E-state index contributed by atoms with van der Waals surface area (Å²) in [5.74, 6) is 5.41. The molecule has 4 heteroatoms. The number of aliphatic hydroxyl groups excluding tert-OH is 1. The van der Waals surface area contributed by atoms with Gasteiger partial charge in [-0.25, -0.2) is 0 Å². The Hall–Kier alpha value is -2.25. The summed E-state index contributed by atoms with van der Waals surface area (Å²) in [4.78, 5) is 11.0. The average molecular weight is 368 g/mol. The normalized spacial score (nSPS) is 25.4. The molecule has 2 aliphatic carbocycles. The van der Waals surface area contributed by atoms with Crippen LogP contribution in [0.25, 0.3) is 0 Å². The van der Waals surface area contributed by atoms with Crippen molar-refractivity contribution in [3.05, 3.63) is 41.5 Å². The standard InChI is InChI=1S/C23H28O4/c1-2-4-19(13-22(25)26)18-6-8-21(9-7-18)27-16-17-5-3-11-23(14-17)12-10-20(24)15-23/h6-9,14,19-20,24H,3,5,10-13,15-16H2,1H3,(H,25,26)/t19-,20-,23-/m0/s1. The van der Waals surface area contributed by atoms with E-state index in [-0.39, 0.29) is 23.9 Å². The molecule has 2 N–H and O–H groups in total. The molecule has 0 bridgehead atoms. The molecule has 0 unspecified atom stereocenters. The minimum atomic E-state index is -0.849. The molecule has 144 valence electrons. The molecule has 27 heavy (non-hydrogen) atoms. The molecule has 1 spiro atoms. The van der Waals surface area contributed by atoms with Gasteiger partial charge < -0.3 is 14.9 Å². The Labute approximate surface area is 161 Å². The summed E-state index contributed by atoms with van der Waals surface area (Å²) in [7, 11) is 0. The van der Waals surface area contributed by atoms with Crippen LogP contribution in [0.15, 0.2) is 35.9 Å². The van der Waals surface area contributed by atoms with Gasteiger partial charge in [-0.2, -0.15) is 0 Å². The van der Waals surface area contributed by atoms with Crippen LogP contribution in [0.3, 0.4) is 0 Å². The summed E-state index contributed by atoms with van der Waals surface area (Å²) in [6.07, 6.45) is 8.47. The SMILES string of the molecule is CC#C[C@@H](CC(=O)O)c1ccc(OCC2=C[C@]3(CCC2)CC[C@H](O)C3)cc1. The van der Waals surface area contributed by atoms with Gasteiger partial charge in [-0.15, -0.1) is 5.92 Å². The molecule has 1 saturated carbocycles. The predicted molar refractivity (Wildman–Crippen MR) is 105 cm³/mol. The number of allylic oxidation sites excluding steroid dienone is 1. The number of hydrogen-bond donors (Lipinski definition) is 2. The molecule has 3 atom stereocenters. The first-order valence-electron chi connectivity index (χ1n) is 9.75. The number of hydrogen-bond acceptors (Lipinski definition) is 3. The average Bonchev–Trinajstić information content (AvgIpc) is 2.99. The van der Waals surface area contributed by atoms with E-state index in [0.717, 1.165) is 43.4 Å². The lowest BCUT2D eigenvalue weighted by Crippen LogP contribution is -2.21. The van der Waals surface area contributed by atoms with E-state index >= 15 is 0 Å². The topological polar surface area (TPSA) is 66.8 Å². The summed E-state index contributed by atoms with van der Waals surface area (Å²) in [6, 6.07) is 7.58. The van der Waals surface area contributed by atoms with E-state index < -0.39 is 5.97 Å². The van der Waals surface area contributed by atoms with Gasteiger partial charge in [0.15, 0.2) is 0 Å². The first-order chi connectivity index (χ1) is 13.0. The lowest BCUT2D eigenvalue weighted by molar-refractivity contribution is -0.137. The summed E-state index contributed by atoms with van der Waals surface area (Å²) < 4.78 is 5.97. The minimum absolute atomic E-state index is 0.00185. The van der Waals surface area contributed by atoms with Gasteiger partial charge >= 0.3 is 5.97 Å². The highest BCUT2D eigenvalue weighted by molar-refractivity contribution is 5.69. The third-order valence-corrected chi connectivity index (χ3v) is 5.70. The van der Waals surface area contributed by atoms with Crippen LogP contribution in [0.4, 0.5) is 0 Å². The molecule has 0 aliphatic heterocycles. The number of ether oxygens (including phenoxy) is 1. The smallest absolute Gasteiger partial charge is 0.304 e. The van der Waals surface area contributed by atoms with Crippen LogP contribution in [0.1, 0.15) is 63.4 Å². The van der Waals surface area contributed by atoms with E-state index in [1.54, 1.807) is 6.92 Å². The highest BCUT2D eigenvalue weighted by atomic mass is 16.5. The highest BCUT2D eigenvalue weighted by Crippen LogP contribution is 2.47. The fourth-order valence-electron chi connectivity index (χ4n) is 4.42. The number of carbonyl (C=O) groups is 1. The largest absolute Gasteiger partial charge is 0.489 e. The highest BCUT2D eigenvalue weighted by Gasteiger charge is 2.38. The van der Waals surface area contributed by atoms with Crippen molar-refractivity contribution >= 4 is 5.97 Å². The van der Waals surface area contributed by atoms with E-state index in [1.165, 1.54) is 12.0 Å². The van der Waals surface area contributed by atoms with E-state index in [4.69, 9.17) is 9.84 Å². The molecule has 3 rings (SSSR count). The van der Waals surface area contributed by atoms with Crippen molar-refractivity contribution in [1.82, 2.24) is 0 Å². The number of carboxylic acids is 1. The van der Waals surface area contributed by atoms with Crippen molar-refractivity contribution in [2.45, 2.75) is 63.9 Å².